The van der Waals surface area contributed by atoms with Gasteiger partial charge in [-0.15, -0.1) is 0 Å². The molecule has 0 aliphatic carbocycles. The van der Waals surface area contributed by atoms with Crippen LogP contribution in [-0.2, 0) is 33.2 Å². The van der Waals surface area contributed by atoms with Crippen LogP contribution < -0.4 is 5.32 Å². The van der Waals surface area contributed by atoms with Crippen LogP contribution in [0.4, 0.5) is 13.6 Å². The van der Waals surface area contributed by atoms with Gasteiger partial charge in [0.1, 0.15) is 31.0 Å². The van der Waals surface area contributed by atoms with E-state index in [1.165, 1.54) is 24.3 Å². The molecule has 0 unspecified atom stereocenters. The number of amides is 1. The fraction of sp³-hybridized carbons (Fsp3) is 0.326. The van der Waals surface area contributed by atoms with E-state index < -0.39 is 91.4 Å². The van der Waals surface area contributed by atoms with Gasteiger partial charge in [-0.3, -0.25) is 5.32 Å². The molecule has 8 atom stereocenters. The van der Waals surface area contributed by atoms with E-state index in [9.17, 15) is 28.4 Å². The highest BCUT2D eigenvalue weighted by Crippen LogP contribution is 2.30. The predicted molar refractivity (Wildman–Crippen MR) is 210 cm³/mol. The van der Waals surface area contributed by atoms with E-state index in [0.29, 0.717) is 11.1 Å². The van der Waals surface area contributed by atoms with Gasteiger partial charge in [0.2, 0.25) is 0 Å². The largest absolute Gasteiger partial charge is 0.459 e. The molecule has 6 rings (SSSR count). The van der Waals surface area contributed by atoms with Crippen molar-refractivity contribution in [1.29, 1.82) is 0 Å². The summed E-state index contributed by atoms with van der Waals surface area (Å²) in [5.41, 5.74) is 8.80. The summed E-state index contributed by atoms with van der Waals surface area (Å²) >= 11 is 0. The third-order valence-corrected chi connectivity index (χ3v) is 8.66. The topological polar surface area (TPSA) is 211 Å². The number of alkyl halides is 2. The number of ether oxygens (including phenoxy) is 7. The summed E-state index contributed by atoms with van der Waals surface area (Å²) in [6.45, 7) is 4.20. The van der Waals surface area contributed by atoms with E-state index in [0.717, 1.165) is 0 Å². The lowest BCUT2D eigenvalue weighted by Gasteiger charge is -2.22. The minimum atomic E-state index is -1.93. The van der Waals surface area contributed by atoms with Crippen molar-refractivity contribution in [3.63, 3.8) is 0 Å². The lowest BCUT2D eigenvalue weighted by atomic mass is 10.1. The monoisotopic (exact) mass is 844 g/mol. The smallest absolute Gasteiger partial charge is 0.409 e. The molecule has 4 aromatic carbocycles. The molecule has 0 saturated carbocycles. The number of azide groups is 1. The lowest BCUT2D eigenvalue weighted by Crippen LogP contribution is -2.44. The van der Waals surface area contributed by atoms with Crippen LogP contribution in [0, 0.1) is 0 Å². The van der Waals surface area contributed by atoms with Gasteiger partial charge in [0, 0.05) is 4.91 Å². The minimum Gasteiger partial charge on any atom is -0.459 e. The number of nitrogens with one attached hydrogen (secondary N) is 1. The van der Waals surface area contributed by atoms with Crippen LogP contribution in [-0.4, -0.2) is 98.0 Å². The van der Waals surface area contributed by atoms with Crippen LogP contribution in [0.5, 0.6) is 0 Å². The second kappa shape index (κ2) is 21.4. The van der Waals surface area contributed by atoms with E-state index in [1.807, 2.05) is 0 Å². The third kappa shape index (κ3) is 13.1. The highest BCUT2D eigenvalue weighted by Gasteiger charge is 2.50. The van der Waals surface area contributed by atoms with Crippen molar-refractivity contribution in [3.8, 4) is 0 Å². The van der Waals surface area contributed by atoms with Crippen molar-refractivity contribution in [2.45, 2.75) is 75.6 Å². The Kier molecular flexibility index (Phi) is 15.9. The maximum atomic E-state index is 15.2. The highest BCUT2D eigenvalue weighted by atomic mass is 19.1. The summed E-state index contributed by atoms with van der Waals surface area (Å²) in [6, 6.07) is 32.5. The summed E-state index contributed by atoms with van der Waals surface area (Å²) < 4.78 is 66.8. The molecular weight excluding hydrogens is 802 g/mol. The summed E-state index contributed by atoms with van der Waals surface area (Å²) in [7, 11) is 0. The van der Waals surface area contributed by atoms with E-state index in [-0.39, 0.29) is 17.7 Å². The van der Waals surface area contributed by atoms with Crippen LogP contribution in [0.3, 0.4) is 0 Å². The third-order valence-electron chi connectivity index (χ3n) is 8.66. The first-order valence-corrected chi connectivity index (χ1v) is 18.8. The zero-order valence-electron chi connectivity index (χ0n) is 33.1. The maximum absolute atomic E-state index is 15.2. The molecule has 0 aromatic heterocycles. The van der Waals surface area contributed by atoms with Gasteiger partial charge in [-0.1, -0.05) is 77.9 Å². The maximum Gasteiger partial charge on any atom is 0.409 e. The molecule has 61 heavy (non-hydrogen) atoms. The van der Waals surface area contributed by atoms with Crippen molar-refractivity contribution in [1.82, 2.24) is 5.32 Å². The first kappa shape index (κ1) is 45.2. The summed E-state index contributed by atoms with van der Waals surface area (Å²) in [5.74, 6) is -2.83. The molecule has 2 heterocycles. The van der Waals surface area contributed by atoms with E-state index in [1.54, 1.807) is 118 Å². The van der Waals surface area contributed by atoms with Crippen molar-refractivity contribution in [2.24, 2.45) is 5.11 Å². The molecule has 16 nitrogen and oxygen atoms in total. The number of carbonyl (C=O) groups excluding carboxylic acids is 5. The Morgan fingerprint density at radius 2 is 1.00 bits per heavy atom. The molecule has 0 radical (unpaired) electrons. The predicted octanol–water partition coefficient (Wildman–Crippen LogP) is 7.10. The van der Waals surface area contributed by atoms with Gasteiger partial charge in [-0.2, -0.15) is 0 Å². The fourth-order valence-corrected chi connectivity index (χ4v) is 5.81. The molecule has 1 amide bonds. The Bertz CT molecular complexity index is 2140. The fourth-order valence-electron chi connectivity index (χ4n) is 5.81. The van der Waals surface area contributed by atoms with Gasteiger partial charge in [-0.05, 0) is 74.8 Å². The van der Waals surface area contributed by atoms with Crippen LogP contribution in [0.2, 0.25) is 0 Å². The Hall–Kier alpha value is -6.88. The average Bonchev–Trinajstić information content (AvgIpc) is 3.71. The van der Waals surface area contributed by atoms with Crippen molar-refractivity contribution in [2.75, 3.05) is 13.2 Å². The molecule has 320 valence electrons. The Morgan fingerprint density at radius 3 is 1.39 bits per heavy atom. The molecule has 2 saturated heterocycles. The summed E-state index contributed by atoms with van der Waals surface area (Å²) in [4.78, 5) is 63.7. The molecule has 4 aromatic rings. The molecule has 1 N–H and O–H groups in total. The standard InChI is InChI=1S/C24H26FNO7.C19H16FN3O5/c1-24(2,3)33-23(29)26-20-18(25)19(32-22(28)16-12-8-5-9-13-16)17(31-20)14-30-21(27)15-10-6-4-7-11-15;20-15-16(28-19(25)13-9-5-2-6-10-13)14(27-17(15)22-23-21)11-26-18(24)12-7-3-1-4-8-12/h4-13,17-20H,14H2,1-3H3,(H,26,29);1-10,14-17H,11H2/t17-,18+,19-,20-;14-,15+,16-,17-/m11/s1. The number of esters is 4. The first-order chi connectivity index (χ1) is 29.2. The molecule has 0 spiro atoms. The summed E-state index contributed by atoms with van der Waals surface area (Å²) in [5, 5.41) is 5.51. The number of benzene rings is 4. The quantitative estimate of drug-likeness (QED) is 0.0498. The van der Waals surface area contributed by atoms with Gasteiger partial charge in [-0.25, -0.2) is 32.8 Å². The normalized spacial score (nSPS) is 22.8. The Morgan fingerprint density at radius 1 is 0.623 bits per heavy atom. The highest BCUT2D eigenvalue weighted by molar-refractivity contribution is 5.91. The number of rotatable bonds is 12. The van der Waals surface area contributed by atoms with E-state index in [4.69, 9.17) is 38.7 Å². The lowest BCUT2D eigenvalue weighted by molar-refractivity contribution is -0.0494. The zero-order valence-corrected chi connectivity index (χ0v) is 33.1. The van der Waals surface area contributed by atoms with E-state index >= 15 is 4.39 Å². The number of hydrogen-bond donors (Lipinski definition) is 1. The van der Waals surface area contributed by atoms with Crippen molar-refractivity contribution >= 4 is 30.0 Å². The van der Waals surface area contributed by atoms with Crippen LogP contribution in [0.25, 0.3) is 10.4 Å². The molecule has 18 heteroatoms. The second-order valence-electron chi connectivity index (χ2n) is 14.3. The van der Waals surface area contributed by atoms with Gasteiger partial charge >= 0.3 is 30.0 Å². The SMILES string of the molecule is CC(C)(C)OC(=O)N[C@@H]1O[C@H](COC(=O)c2ccccc2)[C@@H](OC(=O)c2ccccc2)[C@@H]1F.[N-]=[N+]=N[C@@H]1O[C@H](COC(=O)c2ccccc2)[C@@H](OC(=O)c2ccccc2)[C@@H]1F. The van der Waals surface area contributed by atoms with Gasteiger partial charge in [0.25, 0.3) is 0 Å². The minimum absolute atomic E-state index is 0.216. The number of alkyl carbamates (subject to hydrolysis) is 1. The van der Waals surface area contributed by atoms with E-state index in [2.05, 4.69) is 15.3 Å². The Balaban J connectivity index is 0.000000234. The molecule has 2 fully saturated rings. The molecule has 0 bridgehead atoms. The van der Waals surface area contributed by atoms with Crippen LogP contribution >= 0.6 is 0 Å². The van der Waals surface area contributed by atoms with Gasteiger partial charge in [0.15, 0.2) is 37.0 Å². The van der Waals surface area contributed by atoms with Crippen LogP contribution in [0.1, 0.15) is 62.2 Å². The number of nitrogens with zero attached hydrogens (tertiary/aromatic N) is 3. The number of hydrogen-bond acceptors (Lipinski definition) is 13. The van der Waals surface area contributed by atoms with Crippen LogP contribution in [0.15, 0.2) is 126 Å². The molecular formula is C43H42F2N4O12. The second-order valence-corrected chi connectivity index (χ2v) is 14.3. The first-order valence-electron chi connectivity index (χ1n) is 18.8. The Labute approximate surface area is 348 Å². The van der Waals surface area contributed by atoms with Gasteiger partial charge in [0.05, 0.1) is 22.3 Å². The zero-order chi connectivity index (χ0) is 43.9. The summed E-state index contributed by atoms with van der Waals surface area (Å²) in [6.07, 6.45) is -12.8. The molecule has 2 aliphatic heterocycles. The number of carbonyl (C=O) groups is 5. The number of halogens is 2. The molecule has 2 aliphatic rings. The van der Waals surface area contributed by atoms with Crippen molar-refractivity contribution in [3.05, 3.63) is 154 Å². The van der Waals surface area contributed by atoms with Gasteiger partial charge < -0.3 is 33.2 Å². The van der Waals surface area contributed by atoms with Crippen molar-refractivity contribution < 1.29 is 65.9 Å². The average molecular weight is 845 g/mol.